The highest BCUT2D eigenvalue weighted by Crippen LogP contribution is 2.22. The van der Waals surface area contributed by atoms with Crippen molar-refractivity contribution in [3.05, 3.63) is 64.9 Å². The molecule has 0 radical (unpaired) electrons. The van der Waals surface area contributed by atoms with Crippen molar-refractivity contribution in [1.82, 2.24) is 0 Å². The standard InChI is InChI=1S/C15H15ClNO2.ClH/c16-13-6-7-17(11-12-4-2-1-3-5-12)14(10-13)15-18-8-9-19-15;/h1-7,10,15H,8-9,11H2;1H/q+1;/p-1. The van der Waals surface area contributed by atoms with Gasteiger partial charge in [-0.25, -0.2) is 0 Å². The lowest BCUT2D eigenvalue weighted by molar-refractivity contribution is -0.701. The summed E-state index contributed by atoms with van der Waals surface area (Å²) in [6.45, 7) is 2.03. The predicted octanol–water partition coefficient (Wildman–Crippen LogP) is -0.275. The second kappa shape index (κ2) is 7.04. The van der Waals surface area contributed by atoms with Crippen LogP contribution in [0.4, 0.5) is 0 Å². The van der Waals surface area contributed by atoms with E-state index in [1.165, 1.54) is 5.56 Å². The van der Waals surface area contributed by atoms with Gasteiger partial charge in [0.05, 0.1) is 18.2 Å². The predicted molar refractivity (Wildman–Crippen MR) is 71.8 cm³/mol. The van der Waals surface area contributed by atoms with E-state index in [1.54, 1.807) is 0 Å². The molecule has 0 aliphatic carbocycles. The number of aromatic nitrogens is 1. The SMILES string of the molecule is Clc1cc[n+](Cc2ccccc2)c(C2OCCO2)c1.[Cl-]. The van der Waals surface area contributed by atoms with Gasteiger partial charge in [0.1, 0.15) is 0 Å². The first-order chi connectivity index (χ1) is 9.33. The Morgan fingerprint density at radius 2 is 1.80 bits per heavy atom. The van der Waals surface area contributed by atoms with Crippen molar-refractivity contribution in [2.45, 2.75) is 12.8 Å². The van der Waals surface area contributed by atoms with Gasteiger partial charge in [0.15, 0.2) is 12.7 Å². The fourth-order valence-electron chi connectivity index (χ4n) is 2.18. The summed E-state index contributed by atoms with van der Waals surface area (Å²) in [5.74, 6) is 0. The third-order valence-corrected chi connectivity index (χ3v) is 3.33. The molecule has 5 heteroatoms. The summed E-state index contributed by atoms with van der Waals surface area (Å²) >= 11 is 6.07. The van der Waals surface area contributed by atoms with Crippen LogP contribution in [0.3, 0.4) is 0 Å². The van der Waals surface area contributed by atoms with Gasteiger partial charge in [-0.3, -0.25) is 0 Å². The van der Waals surface area contributed by atoms with Crippen LogP contribution in [-0.4, -0.2) is 13.2 Å². The zero-order chi connectivity index (χ0) is 13.1. The fraction of sp³-hybridized carbons (Fsp3) is 0.267. The third kappa shape index (κ3) is 3.49. The number of nitrogens with zero attached hydrogens (tertiary/aromatic N) is 1. The molecule has 106 valence electrons. The molecule has 3 rings (SSSR count). The summed E-state index contributed by atoms with van der Waals surface area (Å²) in [6, 6.07) is 14.1. The highest BCUT2D eigenvalue weighted by Gasteiger charge is 2.27. The largest absolute Gasteiger partial charge is 1.00 e. The Morgan fingerprint density at radius 3 is 2.50 bits per heavy atom. The van der Waals surface area contributed by atoms with Gasteiger partial charge < -0.3 is 21.9 Å². The lowest BCUT2D eigenvalue weighted by Crippen LogP contribution is -3.00. The maximum atomic E-state index is 6.07. The summed E-state index contributed by atoms with van der Waals surface area (Å²) in [4.78, 5) is 0. The molecular weight excluding hydrogens is 297 g/mol. The number of hydrogen-bond acceptors (Lipinski definition) is 2. The highest BCUT2D eigenvalue weighted by molar-refractivity contribution is 6.30. The normalized spacial score (nSPS) is 15.1. The van der Waals surface area contributed by atoms with E-state index in [0.717, 1.165) is 12.2 Å². The van der Waals surface area contributed by atoms with E-state index in [1.807, 2.05) is 36.5 Å². The van der Waals surface area contributed by atoms with Gasteiger partial charge >= 0.3 is 0 Å². The molecule has 0 amide bonds. The molecule has 0 bridgehead atoms. The molecule has 1 saturated heterocycles. The summed E-state index contributed by atoms with van der Waals surface area (Å²) < 4.78 is 13.2. The Hall–Kier alpha value is -1.13. The summed E-state index contributed by atoms with van der Waals surface area (Å²) in [5, 5.41) is 0.693. The summed E-state index contributed by atoms with van der Waals surface area (Å²) in [5.41, 5.74) is 2.18. The molecule has 1 aromatic carbocycles. The topological polar surface area (TPSA) is 22.3 Å². The maximum absolute atomic E-state index is 6.07. The average Bonchev–Trinajstić information content (AvgIpc) is 2.96. The number of benzene rings is 1. The van der Waals surface area contributed by atoms with E-state index < -0.39 is 0 Å². The summed E-state index contributed by atoms with van der Waals surface area (Å²) in [7, 11) is 0. The van der Waals surface area contributed by atoms with Crippen molar-refractivity contribution in [1.29, 1.82) is 0 Å². The third-order valence-electron chi connectivity index (χ3n) is 3.09. The van der Waals surface area contributed by atoms with Crippen molar-refractivity contribution in [2.24, 2.45) is 0 Å². The van der Waals surface area contributed by atoms with Crippen LogP contribution in [0.2, 0.25) is 5.02 Å². The molecule has 20 heavy (non-hydrogen) atoms. The van der Waals surface area contributed by atoms with E-state index in [0.29, 0.717) is 18.2 Å². The lowest BCUT2D eigenvalue weighted by atomic mass is 10.2. The van der Waals surface area contributed by atoms with Gasteiger partial charge in [-0.2, -0.15) is 4.57 Å². The number of rotatable bonds is 3. The van der Waals surface area contributed by atoms with Gasteiger partial charge in [-0.05, 0) is 0 Å². The second-order valence-corrected chi connectivity index (χ2v) is 4.89. The van der Waals surface area contributed by atoms with E-state index >= 15 is 0 Å². The first kappa shape index (κ1) is 15.3. The number of halogens is 2. The number of pyridine rings is 1. The molecule has 2 heterocycles. The van der Waals surface area contributed by atoms with Crippen molar-refractivity contribution in [2.75, 3.05) is 13.2 Å². The van der Waals surface area contributed by atoms with E-state index in [-0.39, 0.29) is 18.7 Å². The summed E-state index contributed by atoms with van der Waals surface area (Å²) in [6.07, 6.45) is 1.65. The van der Waals surface area contributed by atoms with E-state index in [4.69, 9.17) is 21.1 Å². The maximum Gasteiger partial charge on any atom is 0.245 e. The first-order valence-corrected chi connectivity index (χ1v) is 6.67. The minimum Gasteiger partial charge on any atom is -1.00 e. The molecule has 0 spiro atoms. The van der Waals surface area contributed by atoms with Crippen LogP contribution in [0.25, 0.3) is 0 Å². The van der Waals surface area contributed by atoms with Gasteiger partial charge in [0.2, 0.25) is 12.0 Å². The van der Waals surface area contributed by atoms with Crippen molar-refractivity contribution in [3.63, 3.8) is 0 Å². The van der Waals surface area contributed by atoms with Crippen LogP contribution >= 0.6 is 11.6 Å². The molecule has 0 unspecified atom stereocenters. The minimum absolute atomic E-state index is 0. The second-order valence-electron chi connectivity index (χ2n) is 4.46. The number of ether oxygens (including phenoxy) is 2. The van der Waals surface area contributed by atoms with Crippen LogP contribution in [0.1, 0.15) is 17.5 Å². The Bertz CT molecular complexity index is 557. The molecule has 2 aromatic rings. The quantitative estimate of drug-likeness (QED) is 0.728. The molecule has 1 aliphatic rings. The molecule has 0 N–H and O–H groups in total. The van der Waals surface area contributed by atoms with Crippen LogP contribution < -0.4 is 17.0 Å². The van der Waals surface area contributed by atoms with Crippen molar-refractivity contribution < 1.29 is 26.4 Å². The molecule has 1 fully saturated rings. The van der Waals surface area contributed by atoms with Gasteiger partial charge in [-0.1, -0.05) is 41.9 Å². The first-order valence-electron chi connectivity index (χ1n) is 6.29. The smallest absolute Gasteiger partial charge is 0.245 e. The lowest BCUT2D eigenvalue weighted by Gasteiger charge is -2.09. The Balaban J connectivity index is 0.00000147. The van der Waals surface area contributed by atoms with E-state index in [2.05, 4.69) is 16.7 Å². The zero-order valence-corrected chi connectivity index (χ0v) is 12.3. The Labute approximate surface area is 129 Å². The Kier molecular flexibility index (Phi) is 5.38. The minimum atomic E-state index is -0.317. The number of hydrogen-bond donors (Lipinski definition) is 0. The van der Waals surface area contributed by atoms with Crippen molar-refractivity contribution in [3.8, 4) is 0 Å². The molecule has 0 atom stereocenters. The van der Waals surface area contributed by atoms with Crippen LogP contribution in [0.15, 0.2) is 48.7 Å². The average molecular weight is 312 g/mol. The fourth-order valence-corrected chi connectivity index (χ4v) is 2.34. The monoisotopic (exact) mass is 311 g/mol. The zero-order valence-electron chi connectivity index (χ0n) is 10.8. The van der Waals surface area contributed by atoms with Crippen molar-refractivity contribution >= 4 is 11.6 Å². The van der Waals surface area contributed by atoms with Crippen LogP contribution in [0, 0.1) is 0 Å². The van der Waals surface area contributed by atoms with E-state index in [9.17, 15) is 0 Å². The van der Waals surface area contributed by atoms with Gasteiger partial charge in [0, 0.05) is 17.7 Å². The van der Waals surface area contributed by atoms with Gasteiger partial charge in [0.25, 0.3) is 0 Å². The highest BCUT2D eigenvalue weighted by atomic mass is 35.5. The van der Waals surface area contributed by atoms with Gasteiger partial charge in [-0.15, -0.1) is 0 Å². The Morgan fingerprint density at radius 1 is 1.10 bits per heavy atom. The van der Waals surface area contributed by atoms with Crippen LogP contribution in [-0.2, 0) is 16.0 Å². The molecule has 1 aliphatic heterocycles. The molecule has 0 saturated carbocycles. The molecule has 1 aromatic heterocycles. The molecular formula is C15H15Cl2NO2. The van der Waals surface area contributed by atoms with Crippen LogP contribution in [0.5, 0.6) is 0 Å². The molecule has 3 nitrogen and oxygen atoms in total.